The van der Waals surface area contributed by atoms with Gasteiger partial charge in [0, 0.05) is 12.8 Å². The highest BCUT2D eigenvalue weighted by Gasteiger charge is 2.25. The summed E-state index contributed by atoms with van der Waals surface area (Å²) in [5, 5.41) is 9.74. The van der Waals surface area contributed by atoms with Crippen LogP contribution in [-0.4, -0.2) is 87.4 Å². The Kier molecular flexibility index (Phi) is 61.9. The van der Waals surface area contributed by atoms with Crippen molar-refractivity contribution in [1.29, 1.82) is 0 Å². The van der Waals surface area contributed by atoms with E-state index in [0.29, 0.717) is 23.9 Å². The Labute approximate surface area is 522 Å². The lowest BCUT2D eigenvalue weighted by atomic mass is 10.0. The number of hydrogen-bond acceptors (Lipinski definition) is 7. The van der Waals surface area contributed by atoms with Crippen LogP contribution in [0.15, 0.2) is 134 Å². The second kappa shape index (κ2) is 65.4. The number of hydrogen-bond donors (Lipinski definition) is 1. The Morgan fingerprint density at radius 1 is 0.353 bits per heavy atom. The number of rotatable bonds is 62. The number of likely N-dealkylation sites (N-methyl/N-ethyl adjacent to an activating group) is 1. The summed E-state index contributed by atoms with van der Waals surface area (Å²) in [6, 6.07) is 0. The Morgan fingerprint density at radius 3 is 0.941 bits per heavy atom. The van der Waals surface area contributed by atoms with Crippen molar-refractivity contribution in [3.8, 4) is 0 Å². The lowest BCUT2D eigenvalue weighted by molar-refractivity contribution is -0.870. The zero-order valence-corrected chi connectivity index (χ0v) is 55.2. The first-order valence-electron chi connectivity index (χ1n) is 34.3. The summed E-state index contributed by atoms with van der Waals surface area (Å²) < 4.78 is 22.9. The molecule has 0 saturated heterocycles. The zero-order chi connectivity index (χ0) is 61.9. The molecule has 0 aliphatic rings. The molecule has 0 aliphatic carbocycles. The second-order valence-electron chi connectivity index (χ2n) is 23.7. The van der Waals surface area contributed by atoms with Crippen LogP contribution in [0.25, 0.3) is 0 Å². The average Bonchev–Trinajstić information content (AvgIpc) is 3.49. The van der Waals surface area contributed by atoms with Crippen molar-refractivity contribution in [1.82, 2.24) is 0 Å². The number of nitrogens with zero attached hydrogens (tertiary/aromatic N) is 1. The summed E-state index contributed by atoms with van der Waals surface area (Å²) >= 11 is 0. The molecule has 0 saturated carbocycles. The van der Waals surface area contributed by atoms with Gasteiger partial charge < -0.3 is 28.5 Å². The van der Waals surface area contributed by atoms with Gasteiger partial charge in [0.25, 0.3) is 6.29 Å². The minimum atomic E-state index is -1.52. The molecule has 0 amide bonds. The normalized spacial score (nSPS) is 13.6. The lowest BCUT2D eigenvalue weighted by Gasteiger charge is -2.25. The van der Waals surface area contributed by atoms with Gasteiger partial charge in [0.1, 0.15) is 13.2 Å². The van der Waals surface area contributed by atoms with E-state index in [1.807, 2.05) is 21.1 Å². The van der Waals surface area contributed by atoms with Crippen LogP contribution in [0.3, 0.4) is 0 Å². The minimum Gasteiger partial charge on any atom is -0.477 e. The number of carbonyl (C=O) groups is 3. The maximum Gasteiger partial charge on any atom is 0.361 e. The van der Waals surface area contributed by atoms with Crippen molar-refractivity contribution >= 4 is 17.9 Å². The fourth-order valence-electron chi connectivity index (χ4n) is 9.22. The molecule has 9 nitrogen and oxygen atoms in total. The number of carbonyl (C=O) groups excluding carboxylic acids is 2. The van der Waals surface area contributed by atoms with E-state index in [-0.39, 0.29) is 32.2 Å². The number of ether oxygens (including phenoxy) is 4. The molecule has 484 valence electrons. The van der Waals surface area contributed by atoms with Crippen molar-refractivity contribution in [2.75, 3.05) is 47.5 Å². The maximum atomic E-state index is 12.9. The largest absolute Gasteiger partial charge is 0.477 e. The number of esters is 2. The molecule has 0 spiro atoms. The number of quaternary nitrogens is 1. The molecule has 0 bridgehead atoms. The van der Waals surface area contributed by atoms with Gasteiger partial charge in [-0.25, -0.2) is 4.79 Å². The third-order valence-corrected chi connectivity index (χ3v) is 14.4. The van der Waals surface area contributed by atoms with Gasteiger partial charge in [0.05, 0.1) is 34.4 Å². The predicted octanol–water partition coefficient (Wildman–Crippen LogP) is 21.4. The molecule has 0 radical (unpaired) electrons. The average molecular weight is 1180 g/mol. The third-order valence-electron chi connectivity index (χ3n) is 14.4. The van der Waals surface area contributed by atoms with Gasteiger partial charge in [-0.15, -0.1) is 0 Å². The van der Waals surface area contributed by atoms with E-state index in [1.165, 1.54) is 122 Å². The summed E-state index contributed by atoms with van der Waals surface area (Å²) in [6.07, 6.45) is 91.4. The van der Waals surface area contributed by atoms with Crippen molar-refractivity contribution in [3.05, 3.63) is 134 Å². The molecule has 85 heavy (non-hydrogen) atoms. The first-order chi connectivity index (χ1) is 41.6. The van der Waals surface area contributed by atoms with Crippen molar-refractivity contribution in [2.45, 2.75) is 283 Å². The van der Waals surface area contributed by atoms with Gasteiger partial charge in [-0.3, -0.25) is 9.59 Å². The monoisotopic (exact) mass is 1180 g/mol. The molecule has 1 N–H and O–H groups in total. The molecule has 0 rings (SSSR count). The molecular weight excluding hydrogens is 1050 g/mol. The lowest BCUT2D eigenvalue weighted by Crippen LogP contribution is -2.40. The van der Waals surface area contributed by atoms with Gasteiger partial charge in [-0.05, 0) is 109 Å². The van der Waals surface area contributed by atoms with Gasteiger partial charge in [0.15, 0.2) is 6.10 Å². The summed E-state index contributed by atoms with van der Waals surface area (Å²) in [7, 11) is 5.96. The molecule has 0 heterocycles. The predicted molar refractivity (Wildman–Crippen MR) is 364 cm³/mol. The Bertz CT molecular complexity index is 1860. The van der Waals surface area contributed by atoms with Crippen LogP contribution in [0.2, 0.25) is 0 Å². The van der Waals surface area contributed by atoms with Crippen molar-refractivity contribution < 1.29 is 42.9 Å². The molecule has 0 aliphatic heterocycles. The van der Waals surface area contributed by atoms with Gasteiger partial charge in [0.2, 0.25) is 0 Å². The van der Waals surface area contributed by atoms with Crippen LogP contribution < -0.4 is 0 Å². The highest BCUT2D eigenvalue weighted by Crippen LogP contribution is 2.17. The van der Waals surface area contributed by atoms with E-state index in [2.05, 4.69) is 148 Å². The molecule has 2 unspecified atom stereocenters. The SMILES string of the molecule is CC/C=C\C/C=C\C/C=C\C/C=C\C/C=C\C/C=C\CCCCCCC(=O)OC(COC(=O)CCCCCCCCCCCCCCCCCCCCCCC/C=C\C/C=C\C/C=C\C/C=C\C/C=C\CC)COC(OCC[N+](C)(C)C)C(=O)O. The zero-order valence-electron chi connectivity index (χ0n) is 55.2. The third kappa shape index (κ3) is 66.8. The van der Waals surface area contributed by atoms with E-state index in [0.717, 1.165) is 116 Å². The fourth-order valence-corrected chi connectivity index (χ4v) is 9.22. The molecule has 0 aromatic carbocycles. The quantitative estimate of drug-likeness (QED) is 0.0211. The Morgan fingerprint density at radius 2 is 0.635 bits per heavy atom. The van der Waals surface area contributed by atoms with Crippen molar-refractivity contribution in [3.63, 3.8) is 0 Å². The van der Waals surface area contributed by atoms with E-state index in [1.54, 1.807) is 0 Å². The van der Waals surface area contributed by atoms with E-state index < -0.39 is 24.3 Å². The first kappa shape index (κ1) is 80.4. The van der Waals surface area contributed by atoms with Crippen LogP contribution in [-0.2, 0) is 33.3 Å². The second-order valence-corrected chi connectivity index (χ2v) is 23.7. The molecule has 0 fully saturated rings. The Balaban J connectivity index is 4.10. The van der Waals surface area contributed by atoms with Gasteiger partial charge in [-0.1, -0.05) is 282 Å². The first-order valence-corrected chi connectivity index (χ1v) is 34.3. The van der Waals surface area contributed by atoms with Crippen LogP contribution in [0.5, 0.6) is 0 Å². The number of aliphatic carboxylic acids is 1. The van der Waals surface area contributed by atoms with Crippen LogP contribution >= 0.6 is 0 Å². The summed E-state index contributed by atoms with van der Waals surface area (Å²) in [6.45, 7) is 4.62. The fraction of sp³-hybridized carbons (Fsp3) is 0.671. The number of unbranched alkanes of at least 4 members (excludes halogenated alkanes) is 25. The van der Waals surface area contributed by atoms with E-state index >= 15 is 0 Å². The topological polar surface area (TPSA) is 108 Å². The number of carboxylic acids is 1. The number of allylic oxidation sites excluding steroid dienone is 22. The van der Waals surface area contributed by atoms with Crippen LogP contribution in [0.4, 0.5) is 0 Å². The molecular formula is C76H128NO8+. The summed E-state index contributed by atoms with van der Waals surface area (Å²) in [4.78, 5) is 37.6. The van der Waals surface area contributed by atoms with Crippen LogP contribution in [0.1, 0.15) is 271 Å². The van der Waals surface area contributed by atoms with Gasteiger partial charge >= 0.3 is 17.9 Å². The molecule has 9 heteroatoms. The molecule has 0 aromatic heterocycles. The summed E-state index contributed by atoms with van der Waals surface area (Å²) in [5.74, 6) is -2.04. The maximum absolute atomic E-state index is 12.9. The highest BCUT2D eigenvalue weighted by molar-refractivity contribution is 5.71. The minimum absolute atomic E-state index is 0.177. The summed E-state index contributed by atoms with van der Waals surface area (Å²) in [5.41, 5.74) is 0. The van der Waals surface area contributed by atoms with Gasteiger partial charge in [-0.2, -0.15) is 0 Å². The molecule has 0 aromatic rings. The smallest absolute Gasteiger partial charge is 0.361 e. The Hall–Kier alpha value is -4.57. The van der Waals surface area contributed by atoms with Crippen molar-refractivity contribution in [2.24, 2.45) is 0 Å². The standard InChI is InChI=1S/C76H127NO8/c1-6-8-10-12-14-16-18-20-22-24-26-28-30-31-32-33-34-35-36-37-38-39-40-41-42-43-45-46-48-50-52-54-56-58-60-62-64-66-73(78)83-70-72(71-84-76(75(80)81)82-69-68-77(3,4)5)85-74(79)67-65-63-61-59-57-55-53-51-49-47-44-29-27-25-23-21-19-17-15-13-11-9-7-2/h8-11,14-17,20-23,26-29,31-32,47,49,53,55,72,76H,6-7,12-13,18-19,24-25,30,33-46,48,50-52,54,56-71H2,1-5H3/p+1/b10-8-,11-9-,16-14-,17-15-,22-20-,23-21-,28-26-,29-27-,32-31-,49-47-,55-53-. The highest BCUT2D eigenvalue weighted by atomic mass is 16.7. The van der Waals surface area contributed by atoms with E-state index in [9.17, 15) is 19.5 Å². The molecule has 2 atom stereocenters. The van der Waals surface area contributed by atoms with Crippen LogP contribution in [0, 0.1) is 0 Å². The number of carboxylic acid groups (broad SMARTS) is 1. The van der Waals surface area contributed by atoms with E-state index in [4.69, 9.17) is 18.9 Å².